The van der Waals surface area contributed by atoms with Crippen molar-refractivity contribution in [1.29, 1.82) is 0 Å². The van der Waals surface area contributed by atoms with E-state index in [-0.39, 0.29) is 5.91 Å². The van der Waals surface area contributed by atoms with Gasteiger partial charge in [-0.3, -0.25) is 9.59 Å². The molecule has 0 aromatic carbocycles. The topological polar surface area (TPSA) is 78.4 Å². The maximum atomic E-state index is 11.1. The van der Waals surface area contributed by atoms with Gasteiger partial charge < -0.3 is 15.7 Å². The molecule has 0 unspecified atom stereocenters. The first-order valence-electron chi connectivity index (χ1n) is 6.34. The molecular weight excluding hydrogens is 220 g/mol. The van der Waals surface area contributed by atoms with Gasteiger partial charge in [0.2, 0.25) is 5.91 Å². The monoisotopic (exact) mass is 244 g/mol. The van der Waals surface area contributed by atoms with Gasteiger partial charge >= 0.3 is 5.97 Å². The van der Waals surface area contributed by atoms with Crippen LogP contribution in [-0.2, 0) is 9.59 Å². The normalized spacial score (nSPS) is 12.1. The molecule has 3 N–H and O–H groups in total. The van der Waals surface area contributed by atoms with Crippen LogP contribution in [0.1, 0.15) is 46.0 Å². The van der Waals surface area contributed by atoms with Gasteiger partial charge in [-0.1, -0.05) is 13.8 Å². The highest BCUT2D eigenvalue weighted by Gasteiger charge is 2.14. The van der Waals surface area contributed by atoms with E-state index < -0.39 is 12.0 Å². The molecule has 100 valence electrons. The summed E-state index contributed by atoms with van der Waals surface area (Å²) in [7, 11) is 0. The number of carbonyl (C=O) groups is 2. The van der Waals surface area contributed by atoms with Crippen molar-refractivity contribution in [2.24, 2.45) is 0 Å². The van der Waals surface area contributed by atoms with Crippen LogP contribution in [0, 0.1) is 0 Å². The molecule has 0 bridgehead atoms. The summed E-state index contributed by atoms with van der Waals surface area (Å²) in [6.45, 7) is 5.15. The van der Waals surface area contributed by atoms with Crippen LogP contribution in [0.5, 0.6) is 0 Å². The molecule has 0 aliphatic rings. The van der Waals surface area contributed by atoms with Crippen LogP contribution in [-0.4, -0.2) is 36.1 Å². The van der Waals surface area contributed by atoms with E-state index in [9.17, 15) is 9.59 Å². The van der Waals surface area contributed by atoms with Gasteiger partial charge in [-0.25, -0.2) is 0 Å². The molecular formula is C12H24N2O3. The number of carboxylic acids is 1. The first kappa shape index (κ1) is 15.9. The summed E-state index contributed by atoms with van der Waals surface area (Å²) in [4.78, 5) is 21.9. The fourth-order valence-corrected chi connectivity index (χ4v) is 1.58. The van der Waals surface area contributed by atoms with Crippen LogP contribution in [0.4, 0.5) is 0 Å². The molecule has 0 aliphatic heterocycles. The standard InChI is InChI=1S/C12H24N2O3/c1-3-7-11(15)14-9-6-5-8-10(12(16)17)13-4-2/h10,13H,3-9H2,1-2H3,(H,14,15)(H,16,17)/t10-/m1/s1. The Bertz CT molecular complexity index is 232. The van der Waals surface area contributed by atoms with Crippen molar-refractivity contribution < 1.29 is 14.7 Å². The van der Waals surface area contributed by atoms with Crippen molar-refractivity contribution in [2.75, 3.05) is 13.1 Å². The van der Waals surface area contributed by atoms with E-state index in [0.717, 1.165) is 19.3 Å². The minimum Gasteiger partial charge on any atom is -0.480 e. The lowest BCUT2D eigenvalue weighted by Crippen LogP contribution is -2.36. The highest BCUT2D eigenvalue weighted by atomic mass is 16.4. The smallest absolute Gasteiger partial charge is 0.320 e. The Morgan fingerprint density at radius 2 is 1.94 bits per heavy atom. The van der Waals surface area contributed by atoms with E-state index in [1.807, 2.05) is 13.8 Å². The molecule has 0 aliphatic carbocycles. The number of carbonyl (C=O) groups excluding carboxylic acids is 1. The summed E-state index contributed by atoms with van der Waals surface area (Å²) in [5, 5.41) is 14.6. The van der Waals surface area contributed by atoms with Crippen LogP contribution in [0.3, 0.4) is 0 Å². The van der Waals surface area contributed by atoms with Crippen molar-refractivity contribution in [3.63, 3.8) is 0 Å². The van der Waals surface area contributed by atoms with Crippen LogP contribution in [0.2, 0.25) is 0 Å². The van der Waals surface area contributed by atoms with Crippen molar-refractivity contribution in [2.45, 2.75) is 52.0 Å². The summed E-state index contributed by atoms with van der Waals surface area (Å²) in [5.74, 6) is -0.726. The van der Waals surface area contributed by atoms with Gasteiger partial charge in [0.05, 0.1) is 0 Å². The van der Waals surface area contributed by atoms with Crippen molar-refractivity contribution in [3.8, 4) is 0 Å². The lowest BCUT2D eigenvalue weighted by Gasteiger charge is -2.12. The predicted molar refractivity (Wildman–Crippen MR) is 66.9 cm³/mol. The predicted octanol–water partition coefficient (Wildman–Crippen LogP) is 1.14. The van der Waals surface area contributed by atoms with Crippen molar-refractivity contribution in [1.82, 2.24) is 10.6 Å². The van der Waals surface area contributed by atoms with Gasteiger partial charge in [0.15, 0.2) is 0 Å². The van der Waals surface area contributed by atoms with Gasteiger partial charge in [0.25, 0.3) is 0 Å². The summed E-state index contributed by atoms with van der Waals surface area (Å²) in [6, 6.07) is -0.466. The number of rotatable bonds is 10. The first-order valence-corrected chi connectivity index (χ1v) is 6.34. The third-order valence-electron chi connectivity index (χ3n) is 2.47. The molecule has 0 aromatic rings. The second-order valence-corrected chi connectivity index (χ2v) is 4.04. The van der Waals surface area contributed by atoms with Gasteiger partial charge in [-0.05, 0) is 32.2 Å². The van der Waals surface area contributed by atoms with Crippen LogP contribution < -0.4 is 10.6 Å². The number of aliphatic carboxylic acids is 1. The maximum Gasteiger partial charge on any atom is 0.320 e. The molecule has 0 rings (SSSR count). The summed E-state index contributed by atoms with van der Waals surface area (Å²) in [5.41, 5.74) is 0. The number of unbranched alkanes of at least 4 members (excludes halogenated alkanes) is 1. The second-order valence-electron chi connectivity index (χ2n) is 4.04. The number of nitrogens with one attached hydrogen (secondary N) is 2. The van der Waals surface area contributed by atoms with E-state index in [1.165, 1.54) is 0 Å². The first-order chi connectivity index (χ1) is 8.11. The van der Waals surface area contributed by atoms with Crippen molar-refractivity contribution in [3.05, 3.63) is 0 Å². The highest BCUT2D eigenvalue weighted by Crippen LogP contribution is 2.01. The van der Waals surface area contributed by atoms with E-state index >= 15 is 0 Å². The molecule has 5 heteroatoms. The summed E-state index contributed by atoms with van der Waals surface area (Å²) < 4.78 is 0. The summed E-state index contributed by atoms with van der Waals surface area (Å²) in [6.07, 6.45) is 3.65. The van der Waals surface area contributed by atoms with Crippen LogP contribution >= 0.6 is 0 Å². The van der Waals surface area contributed by atoms with E-state index in [4.69, 9.17) is 5.11 Å². The zero-order valence-electron chi connectivity index (χ0n) is 10.8. The molecule has 0 heterocycles. The molecule has 17 heavy (non-hydrogen) atoms. The molecule has 0 saturated carbocycles. The fraction of sp³-hybridized carbons (Fsp3) is 0.833. The average Bonchev–Trinajstić information content (AvgIpc) is 2.27. The number of carboxylic acid groups (broad SMARTS) is 1. The van der Waals surface area contributed by atoms with Crippen molar-refractivity contribution >= 4 is 11.9 Å². The SMILES string of the molecule is CCCC(=O)NCCCC[C@@H](NCC)C(=O)O. The van der Waals surface area contributed by atoms with E-state index in [2.05, 4.69) is 10.6 Å². The lowest BCUT2D eigenvalue weighted by atomic mass is 10.1. The Labute approximate surface area is 103 Å². The molecule has 0 aromatic heterocycles. The summed E-state index contributed by atoms with van der Waals surface area (Å²) >= 11 is 0. The Morgan fingerprint density at radius 3 is 2.47 bits per heavy atom. The average molecular weight is 244 g/mol. The van der Waals surface area contributed by atoms with Gasteiger partial charge in [-0.2, -0.15) is 0 Å². The lowest BCUT2D eigenvalue weighted by molar-refractivity contribution is -0.139. The number of hydrogen-bond donors (Lipinski definition) is 3. The third-order valence-corrected chi connectivity index (χ3v) is 2.47. The highest BCUT2D eigenvalue weighted by molar-refractivity contribution is 5.75. The molecule has 0 fully saturated rings. The molecule has 1 amide bonds. The molecule has 0 spiro atoms. The molecule has 1 atom stereocenters. The number of hydrogen-bond acceptors (Lipinski definition) is 3. The molecule has 0 radical (unpaired) electrons. The van der Waals surface area contributed by atoms with Crippen LogP contribution in [0.15, 0.2) is 0 Å². The molecule has 0 saturated heterocycles. The zero-order valence-corrected chi connectivity index (χ0v) is 10.8. The van der Waals surface area contributed by atoms with Gasteiger partial charge in [0.1, 0.15) is 6.04 Å². The fourth-order valence-electron chi connectivity index (χ4n) is 1.58. The van der Waals surface area contributed by atoms with Gasteiger partial charge in [0, 0.05) is 13.0 Å². The minimum absolute atomic E-state index is 0.0777. The Morgan fingerprint density at radius 1 is 1.24 bits per heavy atom. The Kier molecular flexibility index (Phi) is 9.43. The van der Waals surface area contributed by atoms with E-state index in [0.29, 0.717) is 25.9 Å². The second kappa shape index (κ2) is 10.1. The third kappa shape index (κ3) is 8.68. The van der Waals surface area contributed by atoms with Gasteiger partial charge in [-0.15, -0.1) is 0 Å². The Hall–Kier alpha value is -1.10. The van der Waals surface area contributed by atoms with E-state index in [1.54, 1.807) is 0 Å². The zero-order chi connectivity index (χ0) is 13.1. The quantitative estimate of drug-likeness (QED) is 0.503. The molecule has 5 nitrogen and oxygen atoms in total. The maximum absolute atomic E-state index is 11.1. The number of likely N-dealkylation sites (N-methyl/N-ethyl adjacent to an activating group) is 1. The Balaban J connectivity index is 3.54. The number of amides is 1. The minimum atomic E-state index is -0.804. The largest absolute Gasteiger partial charge is 0.480 e. The van der Waals surface area contributed by atoms with Crippen LogP contribution in [0.25, 0.3) is 0 Å².